The molecule has 2 amide bonds. The molecule has 1 heterocycles. The monoisotopic (exact) mass is 235 g/mol. The van der Waals surface area contributed by atoms with Crippen molar-refractivity contribution in [2.24, 2.45) is 5.29 Å². The van der Waals surface area contributed by atoms with Crippen molar-refractivity contribution < 1.29 is 24.9 Å². The van der Waals surface area contributed by atoms with Gasteiger partial charge in [0.05, 0.1) is 11.9 Å². The molecule has 9 heteroatoms. The fourth-order valence-corrected chi connectivity index (χ4v) is 1.19. The molecule has 4 unspecified atom stereocenters. The average molecular weight is 235 g/mol. The number of nitroso groups, excluding NO2 is 1. The molecule has 1 saturated heterocycles. The van der Waals surface area contributed by atoms with E-state index in [2.05, 4.69) is 10.6 Å². The van der Waals surface area contributed by atoms with Crippen LogP contribution in [0, 0.1) is 4.91 Å². The Morgan fingerprint density at radius 2 is 2.06 bits per heavy atom. The number of rotatable bonds is 2. The van der Waals surface area contributed by atoms with Gasteiger partial charge in [0.1, 0.15) is 18.3 Å². The third-order valence-corrected chi connectivity index (χ3v) is 2.18. The van der Waals surface area contributed by atoms with Crippen LogP contribution in [-0.2, 0) is 4.74 Å². The molecule has 0 radical (unpaired) electrons. The quantitative estimate of drug-likeness (QED) is 0.316. The first kappa shape index (κ1) is 12.8. The standard InChI is InChI=1S/C7H13N3O6/c1-10(9-15)7(14)8-6-5(13)4(12)3(11)2-16-6/h3-6,11-13H,2H2,1H3,(H,8,14). The maximum absolute atomic E-state index is 11.2. The van der Waals surface area contributed by atoms with Gasteiger partial charge in [-0.05, 0) is 0 Å². The van der Waals surface area contributed by atoms with E-state index in [4.69, 9.17) is 9.84 Å². The Bertz CT molecular complexity index is 275. The fourth-order valence-electron chi connectivity index (χ4n) is 1.19. The number of aliphatic hydroxyl groups excluding tert-OH is 3. The topological polar surface area (TPSA) is 132 Å². The molecule has 1 aliphatic heterocycles. The normalized spacial score (nSPS) is 34.2. The number of carbonyl (C=O) groups excluding carboxylic acids is 1. The smallest absolute Gasteiger partial charge is 0.342 e. The van der Waals surface area contributed by atoms with E-state index in [1.165, 1.54) is 0 Å². The van der Waals surface area contributed by atoms with Gasteiger partial charge in [-0.15, -0.1) is 4.91 Å². The summed E-state index contributed by atoms with van der Waals surface area (Å²) in [5.74, 6) is 0. The lowest BCUT2D eigenvalue weighted by atomic mass is 10.0. The summed E-state index contributed by atoms with van der Waals surface area (Å²) in [4.78, 5) is 21.2. The number of nitrogens with zero attached hydrogens (tertiary/aromatic N) is 2. The van der Waals surface area contributed by atoms with Gasteiger partial charge in [0.25, 0.3) is 0 Å². The van der Waals surface area contributed by atoms with E-state index >= 15 is 0 Å². The highest BCUT2D eigenvalue weighted by Crippen LogP contribution is 2.13. The zero-order valence-corrected chi connectivity index (χ0v) is 8.48. The van der Waals surface area contributed by atoms with Crippen LogP contribution in [0.4, 0.5) is 4.79 Å². The van der Waals surface area contributed by atoms with Crippen molar-refractivity contribution in [3.8, 4) is 0 Å². The highest BCUT2D eigenvalue weighted by atomic mass is 16.5. The lowest BCUT2D eigenvalue weighted by Crippen LogP contribution is -2.59. The third kappa shape index (κ3) is 2.64. The Morgan fingerprint density at radius 3 is 2.62 bits per heavy atom. The van der Waals surface area contributed by atoms with Crippen molar-refractivity contribution in [1.29, 1.82) is 0 Å². The van der Waals surface area contributed by atoms with Crippen molar-refractivity contribution in [2.75, 3.05) is 13.7 Å². The van der Waals surface area contributed by atoms with Gasteiger partial charge in [-0.25, -0.2) is 4.79 Å². The molecule has 0 aromatic rings. The predicted octanol–water partition coefficient (Wildman–Crippen LogP) is -2.25. The van der Waals surface area contributed by atoms with Gasteiger partial charge in [-0.2, -0.15) is 5.01 Å². The van der Waals surface area contributed by atoms with E-state index in [0.717, 1.165) is 7.05 Å². The average Bonchev–Trinajstić information content (AvgIpc) is 2.28. The molecule has 0 bridgehead atoms. The van der Waals surface area contributed by atoms with Gasteiger partial charge >= 0.3 is 6.03 Å². The first-order valence-corrected chi connectivity index (χ1v) is 4.50. The molecule has 9 nitrogen and oxygen atoms in total. The van der Waals surface area contributed by atoms with Gasteiger partial charge in [0.2, 0.25) is 0 Å². The van der Waals surface area contributed by atoms with Crippen LogP contribution in [-0.4, -0.2) is 64.6 Å². The number of urea groups is 1. The number of nitrogens with one attached hydrogen (secondary N) is 1. The Balaban J connectivity index is 2.55. The number of ether oxygens (including phenoxy) is 1. The number of carbonyl (C=O) groups is 1. The van der Waals surface area contributed by atoms with Gasteiger partial charge in [0, 0.05) is 7.05 Å². The second-order valence-corrected chi connectivity index (χ2v) is 3.36. The van der Waals surface area contributed by atoms with E-state index in [1.807, 2.05) is 0 Å². The Hall–Kier alpha value is -1.29. The molecule has 0 saturated carbocycles. The molecule has 1 fully saturated rings. The fraction of sp³-hybridized carbons (Fsp3) is 0.857. The molecule has 1 aliphatic rings. The second kappa shape index (κ2) is 5.16. The Morgan fingerprint density at radius 1 is 1.44 bits per heavy atom. The van der Waals surface area contributed by atoms with E-state index in [-0.39, 0.29) is 6.61 Å². The van der Waals surface area contributed by atoms with Gasteiger partial charge in [-0.3, -0.25) is 0 Å². The van der Waals surface area contributed by atoms with Crippen molar-refractivity contribution in [3.05, 3.63) is 4.91 Å². The Kier molecular flexibility index (Phi) is 4.12. The summed E-state index contributed by atoms with van der Waals surface area (Å²) >= 11 is 0. The number of hydrogen-bond acceptors (Lipinski definition) is 7. The minimum absolute atomic E-state index is 0.235. The zero-order valence-electron chi connectivity index (χ0n) is 8.48. The molecular formula is C7H13N3O6. The predicted molar refractivity (Wildman–Crippen MR) is 49.9 cm³/mol. The highest BCUT2D eigenvalue weighted by molar-refractivity contribution is 5.73. The summed E-state index contributed by atoms with van der Waals surface area (Å²) in [6, 6.07) is -0.886. The van der Waals surface area contributed by atoms with Crippen LogP contribution >= 0.6 is 0 Å². The van der Waals surface area contributed by atoms with Crippen LogP contribution in [0.15, 0.2) is 5.29 Å². The van der Waals surface area contributed by atoms with E-state index in [1.54, 1.807) is 0 Å². The van der Waals surface area contributed by atoms with Crippen molar-refractivity contribution in [3.63, 3.8) is 0 Å². The van der Waals surface area contributed by atoms with Crippen LogP contribution in [0.2, 0.25) is 0 Å². The molecule has 16 heavy (non-hydrogen) atoms. The first-order chi connectivity index (χ1) is 7.47. The Labute approximate surface area is 90.6 Å². The maximum atomic E-state index is 11.2. The van der Waals surface area contributed by atoms with Crippen LogP contribution in [0.3, 0.4) is 0 Å². The number of hydrogen-bond donors (Lipinski definition) is 4. The van der Waals surface area contributed by atoms with Crippen LogP contribution in [0.25, 0.3) is 0 Å². The summed E-state index contributed by atoms with van der Waals surface area (Å²) in [5, 5.41) is 32.8. The van der Waals surface area contributed by atoms with E-state index < -0.39 is 30.6 Å². The molecule has 0 aromatic carbocycles. The molecule has 0 aromatic heterocycles. The first-order valence-electron chi connectivity index (χ1n) is 4.50. The molecule has 0 aliphatic carbocycles. The van der Waals surface area contributed by atoms with Gasteiger partial charge in [0.15, 0.2) is 6.23 Å². The molecular weight excluding hydrogens is 222 g/mol. The van der Waals surface area contributed by atoms with Gasteiger partial charge < -0.3 is 25.4 Å². The van der Waals surface area contributed by atoms with Crippen molar-refractivity contribution >= 4 is 6.03 Å². The largest absolute Gasteiger partial charge is 0.388 e. The van der Waals surface area contributed by atoms with E-state index in [0.29, 0.717) is 5.01 Å². The molecule has 92 valence electrons. The van der Waals surface area contributed by atoms with Crippen LogP contribution in [0.5, 0.6) is 0 Å². The SMILES string of the molecule is CN(N=O)C(=O)NC1OCC(O)C(O)C1O. The molecule has 4 N–H and O–H groups in total. The minimum Gasteiger partial charge on any atom is -0.388 e. The van der Waals surface area contributed by atoms with Gasteiger partial charge in [-0.1, -0.05) is 0 Å². The van der Waals surface area contributed by atoms with Crippen molar-refractivity contribution in [1.82, 2.24) is 10.3 Å². The zero-order chi connectivity index (χ0) is 12.3. The summed E-state index contributed by atoms with van der Waals surface area (Å²) in [6.45, 7) is -0.235. The minimum atomic E-state index is -1.48. The maximum Gasteiger partial charge on any atom is 0.342 e. The lowest BCUT2D eigenvalue weighted by Gasteiger charge is -2.35. The molecule has 1 rings (SSSR count). The highest BCUT2D eigenvalue weighted by Gasteiger charge is 2.38. The summed E-state index contributed by atoms with van der Waals surface area (Å²) in [7, 11) is 1.11. The number of aliphatic hydroxyl groups is 3. The number of amides is 2. The summed E-state index contributed by atoms with van der Waals surface area (Å²) < 4.78 is 4.88. The lowest BCUT2D eigenvalue weighted by molar-refractivity contribution is -0.192. The third-order valence-electron chi connectivity index (χ3n) is 2.18. The van der Waals surface area contributed by atoms with Crippen LogP contribution < -0.4 is 5.32 Å². The van der Waals surface area contributed by atoms with E-state index in [9.17, 15) is 19.9 Å². The summed E-state index contributed by atoms with van der Waals surface area (Å²) in [5.41, 5.74) is 0. The summed E-state index contributed by atoms with van der Waals surface area (Å²) in [6.07, 6.45) is -5.32. The second-order valence-electron chi connectivity index (χ2n) is 3.36. The van der Waals surface area contributed by atoms with Crippen LogP contribution in [0.1, 0.15) is 0 Å². The molecule has 0 spiro atoms. The molecule has 4 atom stereocenters. The van der Waals surface area contributed by atoms with Crippen molar-refractivity contribution in [2.45, 2.75) is 24.5 Å².